The minimum atomic E-state index is -0.110. The van der Waals surface area contributed by atoms with E-state index in [4.69, 9.17) is 0 Å². The standard InChI is InChI=1S/C12H18N2O2S/c1-3-4-13-5-6-14-12(16)11-7-10(8-17-11)9(2)15/h7-8,13H,3-6H2,1-2H3,(H,14,16). The number of amides is 1. The van der Waals surface area contributed by atoms with Crippen molar-refractivity contribution >= 4 is 23.0 Å². The van der Waals surface area contributed by atoms with E-state index in [2.05, 4.69) is 17.6 Å². The third-order valence-electron chi connectivity index (χ3n) is 2.24. The summed E-state index contributed by atoms with van der Waals surface area (Å²) in [5, 5.41) is 7.72. The minimum Gasteiger partial charge on any atom is -0.350 e. The summed E-state index contributed by atoms with van der Waals surface area (Å²) < 4.78 is 0. The molecule has 0 saturated carbocycles. The van der Waals surface area contributed by atoms with Gasteiger partial charge in [0.05, 0.1) is 4.88 Å². The summed E-state index contributed by atoms with van der Waals surface area (Å²) in [6.07, 6.45) is 1.08. The summed E-state index contributed by atoms with van der Waals surface area (Å²) in [6, 6.07) is 1.64. The van der Waals surface area contributed by atoms with Gasteiger partial charge in [0.15, 0.2) is 5.78 Å². The third-order valence-corrected chi connectivity index (χ3v) is 3.17. The van der Waals surface area contributed by atoms with Gasteiger partial charge in [-0.25, -0.2) is 0 Å². The first-order valence-corrected chi connectivity index (χ1v) is 6.61. The summed E-state index contributed by atoms with van der Waals surface area (Å²) in [5.74, 6) is -0.120. The molecule has 0 aliphatic rings. The van der Waals surface area contributed by atoms with E-state index < -0.39 is 0 Å². The highest BCUT2D eigenvalue weighted by molar-refractivity contribution is 7.12. The highest BCUT2D eigenvalue weighted by Gasteiger charge is 2.10. The molecule has 1 aromatic heterocycles. The predicted octanol–water partition coefficient (Wildman–Crippen LogP) is 1.68. The molecule has 0 saturated heterocycles. The second-order valence-corrected chi connectivity index (χ2v) is 4.67. The summed E-state index contributed by atoms with van der Waals surface area (Å²) in [4.78, 5) is 23.3. The van der Waals surface area contributed by atoms with Crippen LogP contribution < -0.4 is 10.6 Å². The van der Waals surface area contributed by atoms with E-state index in [9.17, 15) is 9.59 Å². The van der Waals surface area contributed by atoms with Gasteiger partial charge in [-0.2, -0.15) is 0 Å². The van der Waals surface area contributed by atoms with Gasteiger partial charge in [0.2, 0.25) is 0 Å². The third kappa shape index (κ3) is 4.66. The van der Waals surface area contributed by atoms with Gasteiger partial charge < -0.3 is 10.6 Å². The van der Waals surface area contributed by atoms with Crippen LogP contribution in [0.1, 0.15) is 40.3 Å². The smallest absolute Gasteiger partial charge is 0.261 e. The second kappa shape index (κ2) is 7.19. The molecule has 5 heteroatoms. The molecule has 0 bridgehead atoms. The molecular weight excluding hydrogens is 236 g/mol. The predicted molar refractivity (Wildman–Crippen MR) is 69.8 cm³/mol. The Balaban J connectivity index is 2.34. The summed E-state index contributed by atoms with van der Waals surface area (Å²) in [6.45, 7) is 5.93. The van der Waals surface area contributed by atoms with Crippen molar-refractivity contribution in [3.63, 3.8) is 0 Å². The summed E-state index contributed by atoms with van der Waals surface area (Å²) in [5.41, 5.74) is 0.601. The Kier molecular flexibility index (Phi) is 5.86. The van der Waals surface area contributed by atoms with Crippen LogP contribution in [0, 0.1) is 0 Å². The fourth-order valence-corrected chi connectivity index (χ4v) is 2.16. The molecule has 2 N–H and O–H groups in total. The zero-order valence-electron chi connectivity index (χ0n) is 10.2. The van der Waals surface area contributed by atoms with Crippen LogP contribution >= 0.6 is 11.3 Å². The summed E-state index contributed by atoms with van der Waals surface area (Å²) in [7, 11) is 0. The number of carbonyl (C=O) groups excluding carboxylic acids is 2. The molecule has 0 radical (unpaired) electrons. The van der Waals surface area contributed by atoms with E-state index in [-0.39, 0.29) is 11.7 Å². The molecule has 94 valence electrons. The van der Waals surface area contributed by atoms with E-state index >= 15 is 0 Å². The first kappa shape index (κ1) is 13.9. The Morgan fingerprint density at radius 1 is 1.29 bits per heavy atom. The lowest BCUT2D eigenvalue weighted by molar-refractivity contribution is 0.0958. The van der Waals surface area contributed by atoms with Crippen LogP contribution in [0.5, 0.6) is 0 Å². The first-order valence-electron chi connectivity index (χ1n) is 5.73. The van der Waals surface area contributed by atoms with Crippen LogP contribution in [-0.4, -0.2) is 31.3 Å². The number of carbonyl (C=O) groups is 2. The highest BCUT2D eigenvalue weighted by atomic mass is 32.1. The van der Waals surface area contributed by atoms with Crippen LogP contribution in [0.3, 0.4) is 0 Å². The van der Waals surface area contributed by atoms with Crippen molar-refractivity contribution in [2.75, 3.05) is 19.6 Å². The number of hydrogen-bond donors (Lipinski definition) is 2. The minimum absolute atomic E-state index is 0.00934. The zero-order valence-corrected chi connectivity index (χ0v) is 11.0. The van der Waals surface area contributed by atoms with Gasteiger partial charge in [-0.15, -0.1) is 11.3 Å². The van der Waals surface area contributed by atoms with Crippen LogP contribution in [0.25, 0.3) is 0 Å². The van der Waals surface area contributed by atoms with Crippen molar-refractivity contribution in [1.82, 2.24) is 10.6 Å². The lowest BCUT2D eigenvalue weighted by atomic mass is 10.2. The van der Waals surface area contributed by atoms with Crippen molar-refractivity contribution < 1.29 is 9.59 Å². The zero-order chi connectivity index (χ0) is 12.7. The molecule has 0 fully saturated rings. The Bertz CT molecular complexity index is 388. The number of hydrogen-bond acceptors (Lipinski definition) is 4. The van der Waals surface area contributed by atoms with E-state index in [1.54, 1.807) is 11.4 Å². The van der Waals surface area contributed by atoms with Crippen LogP contribution in [-0.2, 0) is 0 Å². The molecular formula is C12H18N2O2S. The van der Waals surface area contributed by atoms with E-state index in [0.717, 1.165) is 19.5 Å². The van der Waals surface area contributed by atoms with Gasteiger partial charge in [-0.05, 0) is 26.0 Å². The van der Waals surface area contributed by atoms with Gasteiger partial charge >= 0.3 is 0 Å². The molecule has 0 aromatic carbocycles. The molecule has 1 aromatic rings. The van der Waals surface area contributed by atoms with Crippen molar-refractivity contribution in [2.24, 2.45) is 0 Å². The highest BCUT2D eigenvalue weighted by Crippen LogP contribution is 2.14. The van der Waals surface area contributed by atoms with E-state index in [1.165, 1.54) is 18.3 Å². The van der Waals surface area contributed by atoms with Gasteiger partial charge in [0.1, 0.15) is 0 Å². The molecule has 0 atom stereocenters. The fraction of sp³-hybridized carbons (Fsp3) is 0.500. The van der Waals surface area contributed by atoms with Crippen LogP contribution in [0.4, 0.5) is 0 Å². The molecule has 17 heavy (non-hydrogen) atoms. The van der Waals surface area contributed by atoms with E-state index in [1.807, 2.05) is 0 Å². The molecule has 1 heterocycles. The molecule has 0 unspecified atom stereocenters. The van der Waals surface area contributed by atoms with E-state index in [0.29, 0.717) is 17.0 Å². The lowest BCUT2D eigenvalue weighted by Crippen LogP contribution is -2.31. The monoisotopic (exact) mass is 254 g/mol. The van der Waals surface area contributed by atoms with Crippen molar-refractivity contribution in [2.45, 2.75) is 20.3 Å². The molecule has 4 nitrogen and oxygen atoms in total. The van der Waals surface area contributed by atoms with Crippen LogP contribution in [0.2, 0.25) is 0 Å². The lowest BCUT2D eigenvalue weighted by Gasteiger charge is -2.04. The Morgan fingerprint density at radius 2 is 2.06 bits per heavy atom. The number of Topliss-reactive ketones (excluding diaryl/α,β-unsaturated/α-hetero) is 1. The maximum absolute atomic E-state index is 11.7. The number of rotatable bonds is 7. The topological polar surface area (TPSA) is 58.2 Å². The molecule has 1 rings (SSSR count). The largest absolute Gasteiger partial charge is 0.350 e. The van der Waals surface area contributed by atoms with Gasteiger partial charge in [0.25, 0.3) is 5.91 Å². The summed E-state index contributed by atoms with van der Waals surface area (Å²) >= 11 is 1.30. The van der Waals surface area contributed by atoms with Crippen molar-refractivity contribution in [1.29, 1.82) is 0 Å². The molecule has 0 spiro atoms. The maximum Gasteiger partial charge on any atom is 0.261 e. The average Bonchev–Trinajstić information content (AvgIpc) is 2.78. The molecule has 1 amide bonds. The fourth-order valence-electron chi connectivity index (χ4n) is 1.29. The van der Waals surface area contributed by atoms with Gasteiger partial charge in [0, 0.05) is 24.0 Å². The SMILES string of the molecule is CCCNCCNC(=O)c1cc(C(C)=O)cs1. The van der Waals surface area contributed by atoms with Crippen LogP contribution in [0.15, 0.2) is 11.4 Å². The maximum atomic E-state index is 11.7. The van der Waals surface area contributed by atoms with Gasteiger partial charge in [-0.1, -0.05) is 6.92 Å². The average molecular weight is 254 g/mol. The van der Waals surface area contributed by atoms with Crippen molar-refractivity contribution in [3.8, 4) is 0 Å². The second-order valence-electron chi connectivity index (χ2n) is 3.76. The Hall–Kier alpha value is -1.20. The Morgan fingerprint density at radius 3 is 2.65 bits per heavy atom. The molecule has 0 aliphatic carbocycles. The van der Waals surface area contributed by atoms with Crippen molar-refractivity contribution in [3.05, 3.63) is 21.9 Å². The number of nitrogens with one attached hydrogen (secondary N) is 2. The normalized spacial score (nSPS) is 10.2. The Labute approximate surface area is 105 Å². The number of ketones is 1. The first-order chi connectivity index (χ1) is 8.15. The van der Waals surface area contributed by atoms with Gasteiger partial charge in [-0.3, -0.25) is 9.59 Å². The quantitative estimate of drug-likeness (QED) is 0.575. The number of thiophene rings is 1. The molecule has 0 aliphatic heterocycles.